The monoisotopic (exact) mass is 543 g/mol. The summed E-state index contributed by atoms with van der Waals surface area (Å²) in [5.41, 5.74) is 2.59. The lowest BCUT2D eigenvalue weighted by Gasteiger charge is -2.36. The van der Waals surface area contributed by atoms with E-state index < -0.39 is 11.6 Å². The van der Waals surface area contributed by atoms with Crippen LogP contribution < -0.4 is 19.9 Å². The zero-order chi connectivity index (χ0) is 27.6. The van der Waals surface area contributed by atoms with Gasteiger partial charge in [-0.15, -0.1) is 0 Å². The van der Waals surface area contributed by atoms with E-state index >= 15 is 4.39 Å². The Morgan fingerprint density at radius 3 is 2.62 bits per heavy atom. The van der Waals surface area contributed by atoms with Gasteiger partial charge in [0.25, 0.3) is 0 Å². The van der Waals surface area contributed by atoms with Crippen LogP contribution in [0.2, 0.25) is 0 Å². The van der Waals surface area contributed by atoms with Crippen LogP contribution in [0.5, 0.6) is 11.8 Å². The number of halogens is 2. The highest BCUT2D eigenvalue weighted by molar-refractivity contribution is 5.83. The van der Waals surface area contributed by atoms with E-state index in [9.17, 15) is 4.39 Å². The molecule has 0 unspecified atom stereocenters. The number of H-pyrrole nitrogens is 2. The van der Waals surface area contributed by atoms with Gasteiger partial charge in [0, 0.05) is 61.7 Å². The van der Waals surface area contributed by atoms with Crippen LogP contribution in [0.1, 0.15) is 18.3 Å². The van der Waals surface area contributed by atoms with Crippen molar-refractivity contribution in [2.75, 3.05) is 41.3 Å². The zero-order valence-electron chi connectivity index (χ0n) is 21.9. The molecule has 1 aliphatic heterocycles. The van der Waals surface area contributed by atoms with Gasteiger partial charge in [0.2, 0.25) is 0 Å². The van der Waals surface area contributed by atoms with Crippen LogP contribution in [-0.2, 0) is 0 Å². The number of ether oxygens (including phenoxy) is 1. The Balaban J connectivity index is 1.31. The number of allylic oxidation sites excluding steroid dienone is 1. The van der Waals surface area contributed by atoms with Crippen LogP contribution in [0.25, 0.3) is 17.0 Å². The van der Waals surface area contributed by atoms with E-state index in [0.29, 0.717) is 36.2 Å². The van der Waals surface area contributed by atoms with Crippen molar-refractivity contribution < 1.29 is 13.5 Å². The summed E-state index contributed by atoms with van der Waals surface area (Å²) in [5.74, 6) is -0.115. The third-order valence-corrected chi connectivity index (χ3v) is 6.61. The smallest absolute Gasteiger partial charge is 0.326 e. The molecule has 0 radical (unpaired) electrons. The average Bonchev–Trinajstić information content (AvgIpc) is 3.58. The van der Waals surface area contributed by atoms with Gasteiger partial charge in [-0.05, 0) is 38.1 Å². The van der Waals surface area contributed by atoms with Crippen molar-refractivity contribution in [3.63, 3.8) is 0 Å². The van der Waals surface area contributed by atoms with Crippen molar-refractivity contribution in [2.45, 2.75) is 13.8 Å². The van der Waals surface area contributed by atoms with Crippen molar-refractivity contribution in [3.05, 3.63) is 77.9 Å². The predicted octanol–water partition coefficient (Wildman–Crippen LogP) is 5.56. The number of rotatable bonds is 7. The molecule has 1 fully saturated rings. The average molecular weight is 544 g/mol. The number of piperazine rings is 1. The van der Waals surface area contributed by atoms with Gasteiger partial charge in [-0.3, -0.25) is 10.1 Å². The Morgan fingerprint density at radius 1 is 1.02 bits per heavy atom. The summed E-state index contributed by atoms with van der Waals surface area (Å²) < 4.78 is 35.8. The first-order valence-electron chi connectivity index (χ1n) is 12.9. The number of aryl methyl sites for hydroxylation is 1. The summed E-state index contributed by atoms with van der Waals surface area (Å²) in [6.07, 6.45) is 7.38. The molecule has 1 aromatic carbocycles. The van der Waals surface area contributed by atoms with Crippen LogP contribution in [0.3, 0.4) is 0 Å². The second-order valence-corrected chi connectivity index (χ2v) is 9.43. The summed E-state index contributed by atoms with van der Waals surface area (Å²) in [7, 11) is 0. The maximum atomic E-state index is 15.3. The number of benzene rings is 1. The molecule has 0 atom stereocenters. The fourth-order valence-electron chi connectivity index (χ4n) is 4.72. The first kappa shape index (κ1) is 25.3. The van der Waals surface area contributed by atoms with Crippen molar-refractivity contribution in [3.8, 4) is 11.8 Å². The van der Waals surface area contributed by atoms with Crippen molar-refractivity contribution in [1.29, 1.82) is 0 Å². The highest BCUT2D eigenvalue weighted by Gasteiger charge is 2.22. The zero-order valence-corrected chi connectivity index (χ0v) is 21.9. The molecule has 5 aromatic rings. The molecule has 204 valence electrons. The largest absolute Gasteiger partial charge is 0.421 e. The first-order chi connectivity index (χ1) is 19.5. The van der Waals surface area contributed by atoms with Crippen LogP contribution in [-0.4, -0.2) is 56.3 Å². The molecule has 0 saturated carbocycles. The van der Waals surface area contributed by atoms with Crippen molar-refractivity contribution in [1.82, 2.24) is 30.1 Å². The highest BCUT2D eigenvalue weighted by atomic mass is 19.1. The van der Waals surface area contributed by atoms with E-state index in [-0.39, 0.29) is 22.7 Å². The molecule has 4 aromatic heterocycles. The van der Waals surface area contributed by atoms with E-state index in [4.69, 9.17) is 4.74 Å². The van der Waals surface area contributed by atoms with Gasteiger partial charge < -0.3 is 24.8 Å². The van der Waals surface area contributed by atoms with Crippen LogP contribution in [0.15, 0.2) is 54.9 Å². The summed E-state index contributed by atoms with van der Waals surface area (Å²) in [6, 6.07) is 9.97. The Morgan fingerprint density at radius 2 is 1.85 bits per heavy atom. The molecule has 0 amide bonds. The Bertz CT molecular complexity index is 1670. The second kappa shape index (κ2) is 10.6. The van der Waals surface area contributed by atoms with Crippen LogP contribution in [0, 0.1) is 18.6 Å². The number of nitrogens with zero attached hydrogens (tertiary/aromatic N) is 6. The third kappa shape index (κ3) is 5.15. The lowest BCUT2D eigenvalue weighted by molar-refractivity contribution is 0.410. The van der Waals surface area contributed by atoms with Gasteiger partial charge >= 0.3 is 6.01 Å². The maximum Gasteiger partial charge on any atom is 0.326 e. The van der Waals surface area contributed by atoms with Gasteiger partial charge in [-0.1, -0.05) is 6.08 Å². The molecule has 1 saturated heterocycles. The number of pyridine rings is 1. The molecule has 0 spiro atoms. The minimum absolute atomic E-state index is 0.0846. The summed E-state index contributed by atoms with van der Waals surface area (Å²) >= 11 is 0. The molecule has 1 aliphatic rings. The molecule has 40 heavy (non-hydrogen) atoms. The molecule has 3 N–H and O–H groups in total. The van der Waals surface area contributed by atoms with Gasteiger partial charge in [0.1, 0.15) is 11.6 Å². The van der Waals surface area contributed by atoms with Crippen molar-refractivity contribution in [2.24, 2.45) is 0 Å². The van der Waals surface area contributed by atoms with E-state index in [1.165, 1.54) is 6.07 Å². The number of hydrogen-bond acceptors (Lipinski definition) is 8. The van der Waals surface area contributed by atoms with Crippen LogP contribution in [0.4, 0.5) is 31.9 Å². The van der Waals surface area contributed by atoms with Crippen LogP contribution >= 0.6 is 0 Å². The molecule has 5 heterocycles. The van der Waals surface area contributed by atoms with Gasteiger partial charge in [-0.25, -0.2) is 8.78 Å². The first-order valence-corrected chi connectivity index (χ1v) is 12.9. The normalized spacial score (nSPS) is 13.9. The Hall–Kier alpha value is -5.00. The molecule has 12 heteroatoms. The third-order valence-electron chi connectivity index (χ3n) is 6.61. The summed E-state index contributed by atoms with van der Waals surface area (Å²) in [4.78, 5) is 20.4. The van der Waals surface area contributed by atoms with E-state index in [1.807, 2.05) is 43.5 Å². The number of nitrogens with one attached hydrogen (secondary N) is 3. The summed E-state index contributed by atoms with van der Waals surface area (Å²) in [5, 5.41) is 10.4. The molecule has 6 rings (SSSR count). The molecular weight excluding hydrogens is 516 g/mol. The standard InChI is InChI=1S/C28H27F2N9O/c1-3-5-18-13-24(37-36-18)33-23-15-25(39-10-8-38(9-11-39)19-6-4-7-31-16-19)35-28(34-23)40-22-14-21(29)27-20(26(22)30)12-17(2)32-27/h3-7,12-16,32H,8-11H2,1-2H3,(H2,33,34,35,36,37)/b5-3+. The lowest BCUT2D eigenvalue weighted by Crippen LogP contribution is -2.46. The van der Waals surface area contributed by atoms with Gasteiger partial charge in [0.05, 0.1) is 23.1 Å². The SMILES string of the molecule is C/C=C/c1cc(Nc2cc(N3CCN(c4cccnc4)CC3)nc(Oc3cc(F)c4[nH]c(C)cc4c3F)n2)n[nH]1. The number of anilines is 4. The molecule has 0 bridgehead atoms. The summed E-state index contributed by atoms with van der Waals surface area (Å²) in [6.45, 7) is 6.51. The number of aromatic nitrogens is 6. The minimum Gasteiger partial charge on any atom is -0.421 e. The molecule has 10 nitrogen and oxygen atoms in total. The molecule has 0 aliphatic carbocycles. The fraction of sp³-hybridized carbons (Fsp3) is 0.214. The predicted molar refractivity (Wildman–Crippen MR) is 150 cm³/mol. The Labute approximate surface area is 228 Å². The quantitative estimate of drug-likeness (QED) is 0.245. The number of aromatic amines is 2. The lowest BCUT2D eigenvalue weighted by atomic mass is 10.2. The highest BCUT2D eigenvalue weighted by Crippen LogP contribution is 2.33. The second-order valence-electron chi connectivity index (χ2n) is 9.43. The minimum atomic E-state index is -0.697. The fourth-order valence-corrected chi connectivity index (χ4v) is 4.72. The van der Waals surface area contributed by atoms with Crippen molar-refractivity contribution >= 4 is 40.1 Å². The Kier molecular flexibility index (Phi) is 6.72. The van der Waals surface area contributed by atoms with E-state index in [0.717, 1.165) is 30.5 Å². The topological polar surface area (TPSA) is 111 Å². The van der Waals surface area contributed by atoms with Gasteiger partial charge in [-0.2, -0.15) is 15.1 Å². The van der Waals surface area contributed by atoms with Gasteiger partial charge in [0.15, 0.2) is 23.2 Å². The molecular formula is C28H27F2N9O. The maximum absolute atomic E-state index is 15.3. The van der Waals surface area contributed by atoms with E-state index in [2.05, 4.69) is 45.2 Å². The van der Waals surface area contributed by atoms with E-state index in [1.54, 1.807) is 19.2 Å². The number of fused-ring (bicyclic) bond motifs is 1. The number of hydrogen-bond donors (Lipinski definition) is 3.